The fraction of sp³-hybridized carbons (Fsp3) is 0.0508. The van der Waals surface area contributed by atoms with Crippen LogP contribution in [0.5, 0.6) is 0 Å². The van der Waals surface area contributed by atoms with Crippen LogP contribution in [-0.4, -0.2) is 0 Å². The topological polar surface area (TPSA) is 3.24 Å². The molecule has 0 atom stereocenters. The fourth-order valence-corrected chi connectivity index (χ4v) is 9.61. The van der Waals surface area contributed by atoms with Crippen LogP contribution in [0.4, 0.5) is 17.1 Å². The minimum atomic E-state index is -0.226. The molecule has 10 aromatic carbocycles. The van der Waals surface area contributed by atoms with Crippen LogP contribution in [0.25, 0.3) is 77.2 Å². The Hall–Kier alpha value is -7.48. The van der Waals surface area contributed by atoms with E-state index in [1.54, 1.807) is 0 Å². The van der Waals surface area contributed by atoms with Crippen LogP contribution in [0, 0.1) is 0 Å². The van der Waals surface area contributed by atoms with Gasteiger partial charge in [-0.05, 0) is 125 Å². The molecule has 0 N–H and O–H groups in total. The number of para-hydroxylation sites is 1. The SMILES string of the molecule is CC1(C)c2cc(-c3ccccc3-c3ccccc3)ccc2-c2ccc(N(c3ccc4c(ccc5ccccc54)c3)c3ccccc3-c3cccc(-c4ccccc4)c3)cc21. The van der Waals surface area contributed by atoms with Crippen molar-refractivity contribution in [3.8, 4) is 55.6 Å². The molecule has 284 valence electrons. The molecule has 0 saturated heterocycles. The standard InChI is InChI=1S/C59H43N/c1-59(2)56-38-46(51-25-12-11-24-49(51)41-18-7-4-8-19-41)30-33-54(56)55-35-32-48(39-57(55)59)60(47-31-34-52-45(37-47)29-28-42-20-9-10-23-50(42)52)58-27-14-13-26-53(58)44-22-15-21-43(36-44)40-16-5-3-6-17-40/h3-39H,1-2H3. The van der Waals surface area contributed by atoms with Gasteiger partial charge in [0.1, 0.15) is 0 Å². The summed E-state index contributed by atoms with van der Waals surface area (Å²) in [5.41, 5.74) is 18.2. The normalized spacial score (nSPS) is 12.6. The van der Waals surface area contributed by atoms with Gasteiger partial charge in [-0.15, -0.1) is 0 Å². The van der Waals surface area contributed by atoms with Crippen LogP contribution in [0.2, 0.25) is 0 Å². The lowest BCUT2D eigenvalue weighted by Gasteiger charge is -2.30. The molecule has 0 bridgehead atoms. The maximum atomic E-state index is 2.47. The van der Waals surface area contributed by atoms with E-state index >= 15 is 0 Å². The van der Waals surface area contributed by atoms with E-state index < -0.39 is 0 Å². The Morgan fingerprint density at radius 1 is 0.300 bits per heavy atom. The number of benzene rings is 10. The fourth-order valence-electron chi connectivity index (χ4n) is 9.61. The van der Waals surface area contributed by atoms with E-state index in [2.05, 4.69) is 243 Å². The lowest BCUT2D eigenvalue weighted by atomic mass is 9.81. The molecule has 0 heterocycles. The average molecular weight is 766 g/mol. The number of hydrogen-bond acceptors (Lipinski definition) is 1. The minimum absolute atomic E-state index is 0.226. The Morgan fingerprint density at radius 2 is 0.833 bits per heavy atom. The molecule has 0 aliphatic heterocycles. The summed E-state index contributed by atoms with van der Waals surface area (Å²) >= 11 is 0. The Kier molecular flexibility index (Phi) is 8.57. The van der Waals surface area contributed by atoms with Crippen molar-refractivity contribution in [2.24, 2.45) is 0 Å². The van der Waals surface area contributed by atoms with E-state index in [0.29, 0.717) is 0 Å². The third-order valence-electron chi connectivity index (χ3n) is 12.7. The summed E-state index contributed by atoms with van der Waals surface area (Å²) in [6.45, 7) is 4.78. The summed E-state index contributed by atoms with van der Waals surface area (Å²) in [7, 11) is 0. The smallest absolute Gasteiger partial charge is 0.0540 e. The molecule has 10 aromatic rings. The zero-order valence-electron chi connectivity index (χ0n) is 33.8. The molecular formula is C59H43N. The Morgan fingerprint density at radius 3 is 1.63 bits per heavy atom. The minimum Gasteiger partial charge on any atom is -0.310 e. The Bertz CT molecular complexity index is 3230. The molecule has 0 unspecified atom stereocenters. The van der Waals surface area contributed by atoms with Gasteiger partial charge < -0.3 is 4.90 Å². The molecule has 0 aromatic heterocycles. The highest BCUT2D eigenvalue weighted by molar-refractivity contribution is 6.09. The van der Waals surface area contributed by atoms with Crippen molar-refractivity contribution in [2.75, 3.05) is 4.90 Å². The van der Waals surface area contributed by atoms with Gasteiger partial charge in [0.2, 0.25) is 0 Å². The molecule has 0 saturated carbocycles. The van der Waals surface area contributed by atoms with E-state index in [-0.39, 0.29) is 5.41 Å². The largest absolute Gasteiger partial charge is 0.310 e. The van der Waals surface area contributed by atoms with E-state index in [1.165, 1.54) is 88.3 Å². The van der Waals surface area contributed by atoms with Gasteiger partial charge in [-0.25, -0.2) is 0 Å². The van der Waals surface area contributed by atoms with Gasteiger partial charge in [0, 0.05) is 22.4 Å². The van der Waals surface area contributed by atoms with Crippen molar-refractivity contribution in [1.82, 2.24) is 0 Å². The first-order valence-corrected chi connectivity index (χ1v) is 20.9. The van der Waals surface area contributed by atoms with Crippen molar-refractivity contribution in [3.63, 3.8) is 0 Å². The Labute approximate surface area is 352 Å². The zero-order chi connectivity index (χ0) is 40.2. The molecule has 1 heteroatoms. The number of nitrogens with zero attached hydrogens (tertiary/aromatic N) is 1. The predicted octanol–water partition coefficient (Wildman–Crippen LogP) is 16.4. The molecule has 11 rings (SSSR count). The van der Waals surface area contributed by atoms with Gasteiger partial charge >= 0.3 is 0 Å². The Balaban J connectivity index is 1.07. The highest BCUT2D eigenvalue weighted by Crippen LogP contribution is 2.53. The quantitative estimate of drug-likeness (QED) is 0.146. The van der Waals surface area contributed by atoms with Gasteiger partial charge in [0.15, 0.2) is 0 Å². The summed E-state index contributed by atoms with van der Waals surface area (Å²) in [6, 6.07) is 82.4. The summed E-state index contributed by atoms with van der Waals surface area (Å²) < 4.78 is 0. The van der Waals surface area contributed by atoms with Gasteiger partial charge in [0.05, 0.1) is 5.69 Å². The monoisotopic (exact) mass is 765 g/mol. The second-order valence-electron chi connectivity index (χ2n) is 16.5. The number of rotatable bonds is 7. The highest BCUT2D eigenvalue weighted by atomic mass is 15.1. The number of fused-ring (bicyclic) bond motifs is 6. The molecule has 1 aliphatic rings. The van der Waals surface area contributed by atoms with Crippen molar-refractivity contribution in [3.05, 3.63) is 236 Å². The molecule has 0 fully saturated rings. The average Bonchev–Trinajstić information content (AvgIpc) is 3.54. The molecule has 0 radical (unpaired) electrons. The van der Waals surface area contributed by atoms with Crippen LogP contribution in [-0.2, 0) is 5.41 Å². The van der Waals surface area contributed by atoms with Gasteiger partial charge in [-0.3, -0.25) is 0 Å². The first-order valence-electron chi connectivity index (χ1n) is 20.9. The summed E-state index contributed by atoms with van der Waals surface area (Å²) in [6.07, 6.45) is 0. The highest BCUT2D eigenvalue weighted by Gasteiger charge is 2.36. The maximum Gasteiger partial charge on any atom is 0.0540 e. The first kappa shape index (κ1) is 35.7. The second-order valence-corrected chi connectivity index (χ2v) is 16.5. The van der Waals surface area contributed by atoms with E-state index in [0.717, 1.165) is 17.1 Å². The third kappa shape index (κ3) is 6.01. The summed E-state index contributed by atoms with van der Waals surface area (Å²) in [5.74, 6) is 0. The van der Waals surface area contributed by atoms with Crippen molar-refractivity contribution in [2.45, 2.75) is 19.3 Å². The predicted molar refractivity (Wildman–Crippen MR) is 255 cm³/mol. The van der Waals surface area contributed by atoms with Gasteiger partial charge in [-0.2, -0.15) is 0 Å². The van der Waals surface area contributed by atoms with Crippen LogP contribution in [0.15, 0.2) is 224 Å². The molecular weight excluding hydrogens is 723 g/mol. The summed E-state index contributed by atoms with van der Waals surface area (Å²) in [4.78, 5) is 2.47. The molecule has 60 heavy (non-hydrogen) atoms. The van der Waals surface area contributed by atoms with E-state index in [1.807, 2.05) is 0 Å². The van der Waals surface area contributed by atoms with Crippen LogP contribution in [0.3, 0.4) is 0 Å². The van der Waals surface area contributed by atoms with Crippen molar-refractivity contribution in [1.29, 1.82) is 0 Å². The molecule has 0 amide bonds. The summed E-state index contributed by atoms with van der Waals surface area (Å²) in [5, 5.41) is 5.01. The zero-order valence-corrected chi connectivity index (χ0v) is 33.8. The van der Waals surface area contributed by atoms with Crippen LogP contribution >= 0.6 is 0 Å². The van der Waals surface area contributed by atoms with Crippen molar-refractivity contribution >= 4 is 38.6 Å². The van der Waals surface area contributed by atoms with Gasteiger partial charge in [-0.1, -0.05) is 196 Å². The lowest BCUT2D eigenvalue weighted by molar-refractivity contribution is 0.660. The van der Waals surface area contributed by atoms with E-state index in [4.69, 9.17) is 0 Å². The first-order chi connectivity index (χ1) is 29.5. The maximum absolute atomic E-state index is 2.47. The van der Waals surface area contributed by atoms with E-state index in [9.17, 15) is 0 Å². The van der Waals surface area contributed by atoms with Crippen LogP contribution < -0.4 is 4.90 Å². The molecule has 1 nitrogen and oxygen atoms in total. The number of hydrogen-bond donors (Lipinski definition) is 0. The van der Waals surface area contributed by atoms with Crippen molar-refractivity contribution < 1.29 is 0 Å². The third-order valence-corrected chi connectivity index (χ3v) is 12.7. The molecule has 0 spiro atoms. The number of anilines is 3. The second kappa shape index (κ2) is 14.4. The lowest BCUT2D eigenvalue weighted by Crippen LogP contribution is -2.17. The molecule has 1 aliphatic carbocycles. The van der Waals surface area contributed by atoms with Crippen LogP contribution in [0.1, 0.15) is 25.0 Å². The van der Waals surface area contributed by atoms with Gasteiger partial charge in [0.25, 0.3) is 0 Å².